The molecule has 1 fully saturated rings. The summed E-state index contributed by atoms with van der Waals surface area (Å²) in [6.45, 7) is 5.92. The van der Waals surface area contributed by atoms with E-state index < -0.39 is 0 Å². The van der Waals surface area contributed by atoms with E-state index in [1.54, 1.807) is 30.7 Å². The Labute approximate surface area is 165 Å². The summed E-state index contributed by atoms with van der Waals surface area (Å²) in [4.78, 5) is 35.0. The van der Waals surface area contributed by atoms with E-state index in [2.05, 4.69) is 20.6 Å². The highest BCUT2D eigenvalue weighted by Gasteiger charge is 2.25. The summed E-state index contributed by atoms with van der Waals surface area (Å²) in [5, 5.41) is 5.85. The molecule has 1 aromatic heterocycles. The number of benzene rings is 1. The van der Waals surface area contributed by atoms with Gasteiger partial charge in [-0.05, 0) is 56.0 Å². The molecule has 0 radical (unpaired) electrons. The van der Waals surface area contributed by atoms with Crippen molar-refractivity contribution in [3.8, 4) is 0 Å². The van der Waals surface area contributed by atoms with E-state index in [1.807, 2.05) is 24.8 Å². The predicted molar refractivity (Wildman–Crippen MR) is 108 cm³/mol. The summed E-state index contributed by atoms with van der Waals surface area (Å²) >= 11 is 0. The number of carbonyl (C=O) groups excluding carboxylic acids is 2. The van der Waals surface area contributed by atoms with Crippen LogP contribution < -0.4 is 10.6 Å². The van der Waals surface area contributed by atoms with Crippen LogP contribution in [0.3, 0.4) is 0 Å². The largest absolute Gasteiger partial charge is 0.352 e. The number of piperidine rings is 1. The standard InChI is InChI=1S/C21H27N5O2/c1-3-9-23-20(27)16-6-7-18(15(2)12-16)25-21(28)26-11-4-5-17(13-26)19-8-10-22-14-24-19/h6-8,10,12,14,17H,3-5,9,11,13H2,1-2H3,(H,23,27)(H,25,28)/t17-/m0/s1. The van der Waals surface area contributed by atoms with E-state index in [4.69, 9.17) is 0 Å². The summed E-state index contributed by atoms with van der Waals surface area (Å²) in [7, 11) is 0. The molecule has 7 nitrogen and oxygen atoms in total. The number of amides is 3. The Hall–Kier alpha value is -2.96. The van der Waals surface area contributed by atoms with E-state index >= 15 is 0 Å². The molecule has 1 aliphatic rings. The van der Waals surface area contributed by atoms with Gasteiger partial charge in [-0.1, -0.05) is 6.92 Å². The SMILES string of the molecule is CCCNC(=O)c1ccc(NC(=O)N2CCC[C@H](c3ccncn3)C2)c(C)c1. The quantitative estimate of drug-likeness (QED) is 0.832. The molecule has 0 bridgehead atoms. The normalized spacial score (nSPS) is 16.5. The zero-order valence-electron chi connectivity index (χ0n) is 16.4. The topological polar surface area (TPSA) is 87.2 Å². The molecule has 3 rings (SSSR count). The van der Waals surface area contributed by atoms with Gasteiger partial charge in [-0.25, -0.2) is 14.8 Å². The van der Waals surface area contributed by atoms with Gasteiger partial charge in [0.25, 0.3) is 5.91 Å². The molecule has 0 aliphatic carbocycles. The maximum Gasteiger partial charge on any atom is 0.321 e. The molecule has 2 aromatic rings. The van der Waals surface area contributed by atoms with Gasteiger partial charge in [-0.15, -0.1) is 0 Å². The minimum absolute atomic E-state index is 0.0912. The number of likely N-dealkylation sites (tertiary alicyclic amines) is 1. The number of nitrogens with zero attached hydrogens (tertiary/aromatic N) is 3. The molecule has 0 spiro atoms. The molecule has 0 unspecified atom stereocenters. The number of anilines is 1. The fourth-order valence-corrected chi connectivity index (χ4v) is 3.43. The lowest BCUT2D eigenvalue weighted by atomic mass is 9.95. The number of aryl methyl sites for hydroxylation is 1. The van der Waals surface area contributed by atoms with Crippen molar-refractivity contribution in [2.75, 3.05) is 25.0 Å². The second-order valence-electron chi connectivity index (χ2n) is 7.14. The molecule has 28 heavy (non-hydrogen) atoms. The van der Waals surface area contributed by atoms with Gasteiger partial charge in [0.1, 0.15) is 6.33 Å². The average Bonchev–Trinajstić information content (AvgIpc) is 2.74. The van der Waals surface area contributed by atoms with Crippen molar-refractivity contribution >= 4 is 17.6 Å². The Morgan fingerprint density at radius 2 is 2.14 bits per heavy atom. The van der Waals surface area contributed by atoms with E-state index in [0.29, 0.717) is 18.7 Å². The number of carbonyl (C=O) groups is 2. The van der Waals surface area contributed by atoms with Gasteiger partial charge in [0.2, 0.25) is 0 Å². The van der Waals surface area contributed by atoms with E-state index in [-0.39, 0.29) is 17.9 Å². The molecule has 1 saturated heterocycles. The summed E-state index contributed by atoms with van der Waals surface area (Å²) in [5.74, 6) is 0.139. The van der Waals surface area contributed by atoms with Crippen LogP contribution in [0.5, 0.6) is 0 Å². The second-order valence-corrected chi connectivity index (χ2v) is 7.14. The zero-order valence-corrected chi connectivity index (χ0v) is 16.4. The van der Waals surface area contributed by atoms with Crippen molar-refractivity contribution in [1.29, 1.82) is 0 Å². The van der Waals surface area contributed by atoms with Gasteiger partial charge in [0, 0.05) is 48.7 Å². The van der Waals surface area contributed by atoms with Crippen molar-refractivity contribution in [3.05, 3.63) is 53.6 Å². The first kappa shape index (κ1) is 19.8. The highest BCUT2D eigenvalue weighted by Crippen LogP contribution is 2.26. The third-order valence-electron chi connectivity index (χ3n) is 5.00. The lowest BCUT2D eigenvalue weighted by Crippen LogP contribution is -2.41. The molecule has 2 N–H and O–H groups in total. The summed E-state index contributed by atoms with van der Waals surface area (Å²) in [6.07, 6.45) is 6.14. The van der Waals surface area contributed by atoms with Crippen LogP contribution in [-0.4, -0.2) is 46.4 Å². The van der Waals surface area contributed by atoms with Crippen molar-refractivity contribution in [2.24, 2.45) is 0 Å². The summed E-state index contributed by atoms with van der Waals surface area (Å²) in [6, 6.07) is 7.14. The highest BCUT2D eigenvalue weighted by atomic mass is 16.2. The molecule has 2 heterocycles. The maximum absolute atomic E-state index is 12.8. The molecule has 0 saturated carbocycles. The molecule has 148 valence electrons. The number of rotatable bonds is 5. The Kier molecular flexibility index (Phi) is 6.57. The van der Waals surface area contributed by atoms with Crippen LogP contribution >= 0.6 is 0 Å². The lowest BCUT2D eigenvalue weighted by molar-refractivity contribution is 0.0953. The molecule has 1 aliphatic heterocycles. The molecular formula is C21H27N5O2. The molecule has 3 amide bonds. The fraction of sp³-hybridized carbons (Fsp3) is 0.429. The van der Waals surface area contributed by atoms with Gasteiger partial charge in [-0.2, -0.15) is 0 Å². The van der Waals surface area contributed by atoms with Gasteiger partial charge in [0.05, 0.1) is 0 Å². The first-order chi connectivity index (χ1) is 13.6. The number of nitrogens with one attached hydrogen (secondary N) is 2. The maximum atomic E-state index is 12.8. The third kappa shape index (κ3) is 4.85. The fourth-order valence-electron chi connectivity index (χ4n) is 3.43. The van der Waals surface area contributed by atoms with Crippen LogP contribution in [0, 0.1) is 6.92 Å². The van der Waals surface area contributed by atoms with Crippen LogP contribution in [0.25, 0.3) is 0 Å². The average molecular weight is 381 g/mol. The summed E-state index contributed by atoms with van der Waals surface area (Å²) in [5.41, 5.74) is 3.17. The van der Waals surface area contributed by atoms with Gasteiger partial charge in [0.15, 0.2) is 0 Å². The molecular weight excluding hydrogens is 354 g/mol. The van der Waals surface area contributed by atoms with Crippen molar-refractivity contribution in [1.82, 2.24) is 20.2 Å². The summed E-state index contributed by atoms with van der Waals surface area (Å²) < 4.78 is 0. The van der Waals surface area contributed by atoms with Crippen LogP contribution in [0.1, 0.15) is 53.7 Å². The smallest absolute Gasteiger partial charge is 0.321 e. The Bertz CT molecular complexity index is 825. The van der Waals surface area contributed by atoms with Gasteiger partial charge >= 0.3 is 6.03 Å². The van der Waals surface area contributed by atoms with Crippen molar-refractivity contribution < 1.29 is 9.59 Å². The zero-order chi connectivity index (χ0) is 19.9. The van der Waals surface area contributed by atoms with Crippen LogP contribution in [0.4, 0.5) is 10.5 Å². The van der Waals surface area contributed by atoms with Crippen LogP contribution in [0.2, 0.25) is 0 Å². The second kappa shape index (κ2) is 9.30. The lowest BCUT2D eigenvalue weighted by Gasteiger charge is -2.32. The number of urea groups is 1. The van der Waals surface area contributed by atoms with Crippen LogP contribution in [0.15, 0.2) is 36.8 Å². The van der Waals surface area contributed by atoms with Gasteiger partial charge in [-0.3, -0.25) is 4.79 Å². The Balaban J connectivity index is 1.63. The Morgan fingerprint density at radius 3 is 2.86 bits per heavy atom. The number of aromatic nitrogens is 2. The van der Waals surface area contributed by atoms with Crippen molar-refractivity contribution in [2.45, 2.75) is 39.0 Å². The first-order valence-electron chi connectivity index (χ1n) is 9.79. The number of hydrogen-bond donors (Lipinski definition) is 2. The first-order valence-corrected chi connectivity index (χ1v) is 9.79. The third-order valence-corrected chi connectivity index (χ3v) is 5.00. The minimum atomic E-state index is -0.120. The van der Waals surface area contributed by atoms with E-state index in [9.17, 15) is 9.59 Å². The monoisotopic (exact) mass is 381 g/mol. The Morgan fingerprint density at radius 1 is 1.29 bits per heavy atom. The van der Waals surface area contributed by atoms with Crippen LogP contribution in [-0.2, 0) is 0 Å². The molecule has 1 atom stereocenters. The molecule has 7 heteroatoms. The predicted octanol–water partition coefficient (Wildman–Crippen LogP) is 3.34. The van der Waals surface area contributed by atoms with Gasteiger partial charge < -0.3 is 15.5 Å². The van der Waals surface area contributed by atoms with E-state index in [1.165, 1.54) is 0 Å². The highest BCUT2D eigenvalue weighted by molar-refractivity contribution is 5.96. The van der Waals surface area contributed by atoms with E-state index in [0.717, 1.165) is 42.8 Å². The minimum Gasteiger partial charge on any atom is -0.352 e. The van der Waals surface area contributed by atoms with Crippen molar-refractivity contribution in [3.63, 3.8) is 0 Å². The molecule has 1 aromatic carbocycles. The number of hydrogen-bond acceptors (Lipinski definition) is 4.